The van der Waals surface area contributed by atoms with Gasteiger partial charge in [0.05, 0.1) is 11.8 Å². The Hall–Kier alpha value is -2.48. The number of carbonyl (C=O) groups is 2. The molecule has 0 aliphatic carbocycles. The summed E-state index contributed by atoms with van der Waals surface area (Å²) in [5, 5.41) is 0. The molecule has 0 amide bonds. The first-order valence-corrected chi connectivity index (χ1v) is 10.6. The van der Waals surface area contributed by atoms with Gasteiger partial charge in [0.1, 0.15) is 18.8 Å². The Morgan fingerprint density at radius 1 is 1.27 bits per heavy atom. The monoisotopic (exact) mass is 466 g/mol. The van der Waals surface area contributed by atoms with Crippen LogP contribution in [0.5, 0.6) is 0 Å². The molecule has 166 valence electrons. The first-order chi connectivity index (χ1) is 13.9. The lowest BCUT2D eigenvalue weighted by molar-refractivity contribution is -0.155. The van der Waals surface area contributed by atoms with E-state index < -0.39 is 64.5 Å². The third kappa shape index (κ3) is 6.01. The molecule has 0 saturated carbocycles. The summed E-state index contributed by atoms with van der Waals surface area (Å²) in [4.78, 5) is 49.1. The summed E-state index contributed by atoms with van der Waals surface area (Å²) in [5.74, 6) is -1.50. The van der Waals surface area contributed by atoms with E-state index in [1.54, 1.807) is 0 Å². The number of esters is 2. The minimum absolute atomic E-state index is 0.0289. The van der Waals surface area contributed by atoms with Gasteiger partial charge in [0, 0.05) is 25.6 Å². The molecule has 1 fully saturated rings. The lowest BCUT2D eigenvalue weighted by atomic mass is 10.1. The minimum Gasteiger partial charge on any atom is -0.463 e. The molecule has 1 aliphatic heterocycles. The van der Waals surface area contributed by atoms with E-state index in [9.17, 15) is 27.6 Å². The molecule has 0 unspecified atom stereocenters. The molecular formula is C16H19ClN2O10S. The number of rotatable bonds is 7. The van der Waals surface area contributed by atoms with Crippen molar-refractivity contribution in [1.29, 1.82) is 0 Å². The number of hydrogen-bond acceptors (Lipinski definition) is 10. The van der Waals surface area contributed by atoms with Gasteiger partial charge in [-0.1, -0.05) is 11.6 Å². The molecule has 4 atom stereocenters. The van der Waals surface area contributed by atoms with E-state index in [-0.39, 0.29) is 5.56 Å². The van der Waals surface area contributed by atoms with Crippen LogP contribution in [0.3, 0.4) is 0 Å². The fourth-order valence-electron chi connectivity index (χ4n) is 2.78. The molecule has 1 aromatic heterocycles. The lowest BCUT2D eigenvalue weighted by Gasteiger charge is -2.23. The standard InChI is InChI=1S/C16H19ClN2O10S/c1-8(20)26-7-11-12(29-30(3,24)25)13(27-9(2)21)15(28-11)19-6-10(4-5-17)14(22)18-16(19)23/h4-6,11-13,15H,7H2,1-3H3,(H,18,22,23)/t11-,12+,13-,15-/m1/s1. The molecule has 2 rings (SSSR count). The number of aromatic nitrogens is 2. The molecule has 30 heavy (non-hydrogen) atoms. The van der Waals surface area contributed by atoms with E-state index in [0.29, 0.717) is 0 Å². The van der Waals surface area contributed by atoms with Crippen molar-refractivity contribution in [2.45, 2.75) is 38.4 Å². The molecule has 1 N–H and O–H groups in total. The van der Waals surface area contributed by atoms with Gasteiger partial charge >= 0.3 is 17.6 Å². The highest BCUT2D eigenvalue weighted by Gasteiger charge is 2.51. The van der Waals surface area contributed by atoms with E-state index in [0.717, 1.165) is 36.4 Å². The molecule has 0 bridgehead atoms. The van der Waals surface area contributed by atoms with Crippen molar-refractivity contribution >= 4 is 39.7 Å². The van der Waals surface area contributed by atoms with E-state index >= 15 is 0 Å². The van der Waals surface area contributed by atoms with Crippen molar-refractivity contribution in [2.24, 2.45) is 0 Å². The van der Waals surface area contributed by atoms with Crippen molar-refractivity contribution in [3.05, 3.63) is 38.1 Å². The highest BCUT2D eigenvalue weighted by atomic mass is 35.5. The number of ether oxygens (including phenoxy) is 3. The molecule has 0 spiro atoms. The third-order valence-electron chi connectivity index (χ3n) is 3.84. The van der Waals surface area contributed by atoms with Gasteiger partial charge in [-0.2, -0.15) is 8.42 Å². The van der Waals surface area contributed by atoms with Crippen molar-refractivity contribution in [3.8, 4) is 0 Å². The van der Waals surface area contributed by atoms with Crippen molar-refractivity contribution in [3.63, 3.8) is 0 Å². The predicted molar refractivity (Wildman–Crippen MR) is 102 cm³/mol. The fraction of sp³-hybridized carbons (Fsp3) is 0.500. The molecule has 2 heterocycles. The second kappa shape index (κ2) is 9.55. The average molecular weight is 467 g/mol. The molecular weight excluding hydrogens is 448 g/mol. The van der Waals surface area contributed by atoms with Crippen LogP contribution in [0.1, 0.15) is 25.6 Å². The number of aromatic amines is 1. The number of hydrogen-bond donors (Lipinski definition) is 1. The summed E-state index contributed by atoms with van der Waals surface area (Å²) >= 11 is 5.49. The van der Waals surface area contributed by atoms with Crippen LogP contribution in [0, 0.1) is 0 Å². The highest BCUT2D eigenvalue weighted by molar-refractivity contribution is 7.86. The van der Waals surface area contributed by atoms with Crippen LogP contribution >= 0.6 is 11.6 Å². The Bertz CT molecular complexity index is 1060. The smallest absolute Gasteiger partial charge is 0.330 e. The van der Waals surface area contributed by atoms with Crippen LogP contribution in [0.4, 0.5) is 0 Å². The fourth-order valence-corrected chi connectivity index (χ4v) is 3.55. The van der Waals surface area contributed by atoms with Crippen molar-refractivity contribution in [2.75, 3.05) is 12.9 Å². The Kier molecular flexibility index (Phi) is 7.58. The van der Waals surface area contributed by atoms with Gasteiger partial charge < -0.3 is 14.2 Å². The summed E-state index contributed by atoms with van der Waals surface area (Å²) < 4.78 is 45.0. The molecule has 1 aromatic rings. The summed E-state index contributed by atoms with van der Waals surface area (Å²) in [6.07, 6.45) is -2.45. The summed E-state index contributed by atoms with van der Waals surface area (Å²) in [6, 6.07) is 0. The molecule has 1 saturated heterocycles. The molecule has 0 radical (unpaired) electrons. The van der Waals surface area contributed by atoms with E-state index in [2.05, 4.69) is 0 Å². The summed E-state index contributed by atoms with van der Waals surface area (Å²) in [7, 11) is -4.07. The Morgan fingerprint density at radius 3 is 2.47 bits per heavy atom. The zero-order valence-electron chi connectivity index (χ0n) is 16.1. The molecule has 12 nitrogen and oxygen atoms in total. The summed E-state index contributed by atoms with van der Waals surface area (Å²) in [6.45, 7) is 1.74. The van der Waals surface area contributed by atoms with Crippen LogP contribution < -0.4 is 11.2 Å². The van der Waals surface area contributed by atoms with Crippen LogP contribution in [0.25, 0.3) is 6.08 Å². The molecule has 14 heteroatoms. The maximum atomic E-state index is 12.4. The summed E-state index contributed by atoms with van der Waals surface area (Å²) in [5.41, 5.74) is -0.660. The van der Waals surface area contributed by atoms with Crippen molar-refractivity contribution in [1.82, 2.24) is 9.55 Å². The number of nitrogens with zero attached hydrogens (tertiary/aromatic N) is 1. The van der Waals surface area contributed by atoms with Crippen LogP contribution in [0.2, 0.25) is 0 Å². The van der Waals surface area contributed by atoms with Crippen LogP contribution in [-0.2, 0) is 38.1 Å². The quantitative estimate of drug-likeness (QED) is 0.409. The average Bonchev–Trinajstić information content (AvgIpc) is 2.91. The Morgan fingerprint density at radius 2 is 1.93 bits per heavy atom. The van der Waals surface area contributed by atoms with Crippen LogP contribution in [0.15, 0.2) is 21.3 Å². The van der Waals surface area contributed by atoms with E-state index in [1.165, 1.54) is 6.08 Å². The second-order valence-corrected chi connectivity index (χ2v) is 8.10. The maximum Gasteiger partial charge on any atom is 0.330 e. The van der Waals surface area contributed by atoms with Gasteiger partial charge in [0.2, 0.25) is 0 Å². The predicted octanol–water partition coefficient (Wildman–Crippen LogP) is -0.517. The van der Waals surface area contributed by atoms with Gasteiger partial charge in [-0.3, -0.25) is 28.1 Å². The van der Waals surface area contributed by atoms with Crippen molar-refractivity contribution < 1.29 is 36.4 Å². The van der Waals surface area contributed by atoms with Gasteiger partial charge in [-0.05, 0) is 6.08 Å². The number of carbonyl (C=O) groups excluding carboxylic acids is 2. The van der Waals surface area contributed by atoms with Gasteiger partial charge in [-0.15, -0.1) is 0 Å². The Labute approximate surface area is 175 Å². The zero-order chi connectivity index (χ0) is 22.6. The largest absolute Gasteiger partial charge is 0.463 e. The first-order valence-electron chi connectivity index (χ1n) is 8.39. The van der Waals surface area contributed by atoms with Gasteiger partial charge in [0.15, 0.2) is 12.3 Å². The first kappa shape index (κ1) is 23.8. The lowest BCUT2D eigenvalue weighted by Crippen LogP contribution is -2.42. The van der Waals surface area contributed by atoms with Crippen LogP contribution in [-0.4, -0.2) is 61.1 Å². The topological polar surface area (TPSA) is 160 Å². The molecule has 0 aromatic carbocycles. The number of halogens is 1. The minimum atomic E-state index is -4.07. The normalized spacial score (nSPS) is 24.1. The van der Waals surface area contributed by atoms with E-state index in [1.807, 2.05) is 4.98 Å². The number of nitrogens with one attached hydrogen (secondary N) is 1. The number of H-pyrrole nitrogens is 1. The van der Waals surface area contributed by atoms with Gasteiger partial charge in [-0.25, -0.2) is 4.79 Å². The maximum absolute atomic E-state index is 12.4. The van der Waals surface area contributed by atoms with Gasteiger partial charge in [0.25, 0.3) is 15.7 Å². The second-order valence-electron chi connectivity index (χ2n) is 6.25. The third-order valence-corrected chi connectivity index (χ3v) is 4.53. The van der Waals surface area contributed by atoms with E-state index in [4.69, 9.17) is 30.0 Å². The zero-order valence-corrected chi connectivity index (χ0v) is 17.6. The Balaban J connectivity index is 2.57. The SMILES string of the molecule is CC(=O)OC[C@H]1O[C@@H](n2cc(C=CCl)c(=O)[nH]c2=O)[C@H](OC(C)=O)[C@H]1OS(C)(=O)=O. The highest BCUT2D eigenvalue weighted by Crippen LogP contribution is 2.34. The molecule has 1 aliphatic rings.